The lowest BCUT2D eigenvalue weighted by molar-refractivity contribution is -0.126. The molecule has 0 heterocycles. The van der Waals surface area contributed by atoms with Crippen LogP contribution in [0.2, 0.25) is 0 Å². The van der Waals surface area contributed by atoms with E-state index in [0.717, 1.165) is 0 Å². The number of aliphatic imine (C=N–C) groups is 1. The Labute approximate surface area is 201 Å². The third-order valence-electron chi connectivity index (χ3n) is 4.13. The van der Waals surface area contributed by atoms with E-state index in [1.165, 1.54) is 42.4 Å². The second-order valence-corrected chi connectivity index (χ2v) is 7.74. The second-order valence-electron chi connectivity index (χ2n) is 7.74. The van der Waals surface area contributed by atoms with Crippen LogP contribution in [0.1, 0.15) is 98.8 Å². The van der Waals surface area contributed by atoms with Crippen molar-refractivity contribution in [2.45, 2.75) is 94.4 Å². The van der Waals surface area contributed by atoms with E-state index in [9.17, 15) is 0 Å². The molecular weight excluding hydrogens is 394 g/mol. The number of rotatable bonds is 4. The van der Waals surface area contributed by atoms with Crippen LogP contribution >= 0.6 is 0 Å². The van der Waals surface area contributed by atoms with Crippen LogP contribution in [0.5, 0.6) is 0 Å². The van der Waals surface area contributed by atoms with Gasteiger partial charge in [-0.1, -0.05) is 99.6 Å². The van der Waals surface area contributed by atoms with Crippen molar-refractivity contribution in [3.8, 4) is 12.8 Å². The molecule has 0 aliphatic rings. The number of ether oxygens (including phenoxy) is 1. The van der Waals surface area contributed by atoms with Gasteiger partial charge in [-0.3, -0.25) is 9.79 Å². The summed E-state index contributed by atoms with van der Waals surface area (Å²) in [5.74, 6) is 0.667. The van der Waals surface area contributed by atoms with Crippen molar-refractivity contribution in [1.29, 1.82) is 0 Å². The standard InChI is InChI=1S/C13H18.C7H15N.C3H8.C2H4O2.C2H6.C2H2/c1-6-11-7-8-12(9-10(11)2)13(3,4)5;1-5-6(2)7(3)8-4;1-3-2;1-4-2-3;2*1-2/h6-9H,1H2,2-5H3;6H,5H2,1-4H3;3H2,1-2H3;2H,1H3;1-2H3;1-2H/t;6-;;;;/m.0..../s1. The van der Waals surface area contributed by atoms with Crippen molar-refractivity contribution in [1.82, 2.24) is 0 Å². The minimum absolute atomic E-state index is 0.241. The largest absolute Gasteiger partial charge is 0.471 e. The summed E-state index contributed by atoms with van der Waals surface area (Å²) in [5, 5.41) is 0. The van der Waals surface area contributed by atoms with Gasteiger partial charge in [0.25, 0.3) is 6.47 Å². The quantitative estimate of drug-likeness (QED) is 0.263. The van der Waals surface area contributed by atoms with Crippen LogP contribution < -0.4 is 0 Å². The molecule has 0 N–H and O–H groups in total. The molecule has 186 valence electrons. The maximum Gasteiger partial charge on any atom is 0.292 e. The molecule has 0 saturated heterocycles. The highest BCUT2D eigenvalue weighted by Gasteiger charge is 2.13. The number of methoxy groups -OCH3 is 1. The highest BCUT2D eigenvalue weighted by atomic mass is 16.5. The third-order valence-corrected chi connectivity index (χ3v) is 4.13. The Bertz CT molecular complexity index is 593. The normalized spacial score (nSPS) is 10.2. The molecule has 0 amide bonds. The average Bonchev–Trinajstić information content (AvgIpc) is 2.81. The Hall–Kier alpha value is -2.34. The first-order valence-corrected chi connectivity index (χ1v) is 11.5. The van der Waals surface area contributed by atoms with Gasteiger partial charge < -0.3 is 4.74 Å². The molecule has 0 radical (unpaired) electrons. The predicted molar refractivity (Wildman–Crippen MR) is 149 cm³/mol. The van der Waals surface area contributed by atoms with Crippen molar-refractivity contribution in [2.24, 2.45) is 10.9 Å². The molecule has 0 aliphatic heterocycles. The van der Waals surface area contributed by atoms with Gasteiger partial charge in [-0.25, -0.2) is 0 Å². The third kappa shape index (κ3) is 25.7. The maximum absolute atomic E-state index is 8.95. The van der Waals surface area contributed by atoms with E-state index in [4.69, 9.17) is 4.79 Å². The molecule has 3 nitrogen and oxygen atoms in total. The van der Waals surface area contributed by atoms with Gasteiger partial charge in [0.1, 0.15) is 0 Å². The molecule has 0 unspecified atom stereocenters. The first-order chi connectivity index (χ1) is 15.0. The Morgan fingerprint density at radius 2 is 1.59 bits per heavy atom. The summed E-state index contributed by atoms with van der Waals surface area (Å²) >= 11 is 0. The number of hydrogen-bond acceptors (Lipinski definition) is 3. The van der Waals surface area contributed by atoms with Crippen LogP contribution in [0.25, 0.3) is 6.08 Å². The zero-order valence-electron chi connectivity index (χ0n) is 23.5. The summed E-state index contributed by atoms with van der Waals surface area (Å²) in [6.45, 7) is 27.7. The molecule has 0 aromatic heterocycles. The van der Waals surface area contributed by atoms with Gasteiger partial charge in [0.15, 0.2) is 0 Å². The summed E-state index contributed by atoms with van der Waals surface area (Å²) in [4.78, 5) is 13.0. The van der Waals surface area contributed by atoms with Gasteiger partial charge in [-0.15, -0.1) is 12.8 Å². The number of hydrogen-bond donors (Lipinski definition) is 0. The van der Waals surface area contributed by atoms with Gasteiger partial charge in [-0.2, -0.15) is 0 Å². The number of terminal acetylenes is 1. The molecule has 32 heavy (non-hydrogen) atoms. The second kappa shape index (κ2) is 28.7. The molecule has 0 bridgehead atoms. The minimum Gasteiger partial charge on any atom is -0.471 e. The molecule has 3 heteroatoms. The fraction of sp³-hybridized carbons (Fsp3) is 0.586. The summed E-state index contributed by atoms with van der Waals surface area (Å²) in [6, 6.07) is 6.57. The molecular formula is C29H53NO2. The fourth-order valence-corrected chi connectivity index (χ4v) is 1.89. The van der Waals surface area contributed by atoms with Gasteiger partial charge in [0.05, 0.1) is 7.11 Å². The van der Waals surface area contributed by atoms with Crippen LogP contribution in [0.3, 0.4) is 0 Å². The van der Waals surface area contributed by atoms with Crippen molar-refractivity contribution >= 4 is 18.3 Å². The average molecular weight is 448 g/mol. The van der Waals surface area contributed by atoms with Crippen LogP contribution in [-0.4, -0.2) is 26.3 Å². The topological polar surface area (TPSA) is 38.7 Å². The van der Waals surface area contributed by atoms with Crippen LogP contribution in [0.15, 0.2) is 29.8 Å². The molecule has 1 rings (SSSR count). The maximum atomic E-state index is 8.95. The van der Waals surface area contributed by atoms with Crippen molar-refractivity contribution < 1.29 is 9.53 Å². The molecule has 0 aliphatic carbocycles. The zero-order chi connectivity index (χ0) is 26.8. The lowest BCUT2D eigenvalue weighted by Gasteiger charge is -2.20. The molecule has 0 spiro atoms. The number of carbonyl (C=O) groups is 1. The van der Waals surface area contributed by atoms with Crippen molar-refractivity contribution in [3.63, 3.8) is 0 Å². The summed E-state index contributed by atoms with van der Waals surface area (Å²) in [6.07, 6.45) is 12.4. The Kier molecular flexibility index (Phi) is 35.9. The van der Waals surface area contributed by atoms with E-state index in [-0.39, 0.29) is 5.41 Å². The predicted octanol–water partition coefficient (Wildman–Crippen LogP) is 8.54. The zero-order valence-corrected chi connectivity index (χ0v) is 23.5. The highest BCUT2D eigenvalue weighted by Crippen LogP contribution is 2.24. The molecule has 0 saturated carbocycles. The Morgan fingerprint density at radius 3 is 1.78 bits per heavy atom. The molecule has 1 aromatic carbocycles. The smallest absolute Gasteiger partial charge is 0.292 e. The number of benzene rings is 1. The number of carbonyl (C=O) groups excluding carboxylic acids is 1. The number of nitrogens with zero attached hydrogens (tertiary/aromatic N) is 1. The van der Waals surface area contributed by atoms with Gasteiger partial charge >= 0.3 is 0 Å². The number of aryl methyl sites for hydroxylation is 1. The van der Waals surface area contributed by atoms with E-state index < -0.39 is 0 Å². The van der Waals surface area contributed by atoms with Crippen molar-refractivity contribution in [3.05, 3.63) is 41.5 Å². The Morgan fingerprint density at radius 1 is 1.19 bits per heavy atom. The van der Waals surface area contributed by atoms with E-state index in [1.54, 1.807) is 0 Å². The monoisotopic (exact) mass is 447 g/mol. The first-order valence-electron chi connectivity index (χ1n) is 11.5. The van der Waals surface area contributed by atoms with Crippen LogP contribution in [0.4, 0.5) is 0 Å². The van der Waals surface area contributed by atoms with E-state index >= 15 is 0 Å². The van der Waals surface area contributed by atoms with E-state index in [1.807, 2.05) is 27.0 Å². The SMILES string of the molecule is C#C.C=Cc1ccc(C(C)(C)C)cc1C.CC.CCC.CC[C@H](C)C(C)=NC.COC=O. The van der Waals surface area contributed by atoms with Crippen LogP contribution in [-0.2, 0) is 14.9 Å². The summed E-state index contributed by atoms with van der Waals surface area (Å²) in [5.41, 5.74) is 5.42. The minimum atomic E-state index is 0.241. The molecule has 1 aromatic rings. The first kappa shape index (κ1) is 40.1. The van der Waals surface area contributed by atoms with Gasteiger partial charge in [-0.05, 0) is 48.3 Å². The summed E-state index contributed by atoms with van der Waals surface area (Å²) in [7, 11) is 3.16. The fourth-order valence-electron chi connectivity index (χ4n) is 1.89. The highest BCUT2D eigenvalue weighted by molar-refractivity contribution is 5.83. The molecule has 1 atom stereocenters. The Balaban J connectivity index is -0.000000110. The van der Waals surface area contributed by atoms with E-state index in [0.29, 0.717) is 12.4 Å². The lowest BCUT2D eigenvalue weighted by atomic mass is 9.85. The van der Waals surface area contributed by atoms with Gasteiger partial charge in [0.2, 0.25) is 0 Å². The van der Waals surface area contributed by atoms with Gasteiger partial charge in [0, 0.05) is 12.8 Å². The summed E-state index contributed by atoms with van der Waals surface area (Å²) < 4.78 is 3.86. The van der Waals surface area contributed by atoms with E-state index in [2.05, 4.69) is 110 Å². The van der Waals surface area contributed by atoms with Crippen LogP contribution in [0, 0.1) is 25.7 Å². The lowest BCUT2D eigenvalue weighted by Crippen LogP contribution is -2.11. The molecule has 0 fully saturated rings. The van der Waals surface area contributed by atoms with Crippen molar-refractivity contribution in [2.75, 3.05) is 14.2 Å².